The molecule has 0 bridgehead atoms. The molecule has 4 heterocycles. The van der Waals surface area contributed by atoms with Crippen molar-refractivity contribution in [2.75, 3.05) is 44.2 Å². The quantitative estimate of drug-likeness (QED) is 0.416. The molecule has 0 unspecified atom stereocenters. The van der Waals surface area contributed by atoms with Gasteiger partial charge in [0, 0.05) is 44.5 Å². The van der Waals surface area contributed by atoms with Crippen LogP contribution in [0.15, 0.2) is 30.5 Å². The summed E-state index contributed by atoms with van der Waals surface area (Å²) in [5.74, 6) is 0.209. The molecule has 0 saturated carbocycles. The van der Waals surface area contributed by atoms with Crippen LogP contribution < -0.4 is 20.3 Å². The molecule has 0 aliphatic carbocycles. The van der Waals surface area contributed by atoms with Gasteiger partial charge in [-0.1, -0.05) is 6.92 Å². The maximum absolute atomic E-state index is 13.5. The maximum Gasteiger partial charge on any atom is 0.417 e. The molecule has 2 aliphatic heterocycles. The van der Waals surface area contributed by atoms with Crippen molar-refractivity contribution in [3.63, 3.8) is 0 Å². The number of piperazine rings is 1. The topological polar surface area (TPSA) is 126 Å². The van der Waals surface area contributed by atoms with Crippen LogP contribution in [0.3, 0.4) is 0 Å². The molecule has 192 valence electrons. The minimum absolute atomic E-state index is 0.0325. The Balaban J connectivity index is 1.69. The lowest BCUT2D eigenvalue weighted by molar-refractivity contribution is -0.124. The number of aromatic nitrogens is 2. The lowest BCUT2D eigenvalue weighted by Crippen LogP contribution is -2.55. The number of nitrogens with one attached hydrogen (secondary N) is 2. The molecule has 2 N–H and O–H groups in total. The van der Waals surface area contributed by atoms with Crippen molar-refractivity contribution in [2.45, 2.75) is 38.8 Å². The van der Waals surface area contributed by atoms with Crippen LogP contribution in [0.1, 0.15) is 37.2 Å². The Morgan fingerprint density at radius 2 is 2.11 bits per heavy atom. The Labute approximate surface area is 210 Å². The van der Waals surface area contributed by atoms with Crippen LogP contribution in [0, 0.1) is 0 Å². The van der Waals surface area contributed by atoms with Crippen molar-refractivity contribution < 1.29 is 23.9 Å². The summed E-state index contributed by atoms with van der Waals surface area (Å²) in [7, 11) is 0. The standard InChI is InChI=1S/C25H32N6O5/c1-3-18-15-30(25(34)36-16-32)12-13-31(18)21-8-7-20(19-6-5-10-27-24(19)35-4-2)29-22(21)23(33)28-17-9-11-26-14-17/h5-8,10,16-18,26H,3-4,9,11-15H2,1-2H3,(H,28,33)/t17-,18-/m1/s1. The predicted molar refractivity (Wildman–Crippen MR) is 133 cm³/mol. The maximum atomic E-state index is 13.5. The average Bonchev–Trinajstić information content (AvgIpc) is 3.41. The van der Waals surface area contributed by atoms with Gasteiger partial charge in [-0.25, -0.2) is 14.8 Å². The van der Waals surface area contributed by atoms with Gasteiger partial charge in [-0.3, -0.25) is 9.59 Å². The SMILES string of the molecule is CCOc1ncccc1-c1ccc(N2CCN(C(=O)OC=O)C[C@H]2CC)c(C(=O)N[C@@H]2CCNC2)n1. The van der Waals surface area contributed by atoms with Gasteiger partial charge in [-0.2, -0.15) is 0 Å². The fraction of sp³-hybridized carbons (Fsp3) is 0.480. The zero-order chi connectivity index (χ0) is 25.5. The van der Waals surface area contributed by atoms with Crippen molar-refractivity contribution in [3.05, 3.63) is 36.2 Å². The number of nitrogens with zero attached hydrogens (tertiary/aromatic N) is 4. The van der Waals surface area contributed by atoms with Gasteiger partial charge >= 0.3 is 12.6 Å². The van der Waals surface area contributed by atoms with Gasteiger partial charge in [0.2, 0.25) is 5.88 Å². The molecule has 0 spiro atoms. The first-order chi connectivity index (χ1) is 17.5. The molecule has 2 saturated heterocycles. The Morgan fingerprint density at radius 3 is 2.83 bits per heavy atom. The number of rotatable bonds is 8. The van der Waals surface area contributed by atoms with Crippen LogP contribution in [0.25, 0.3) is 11.3 Å². The molecule has 2 aliphatic rings. The molecule has 2 amide bonds. The third-order valence-electron chi connectivity index (χ3n) is 6.48. The van der Waals surface area contributed by atoms with Crippen LogP contribution in [-0.2, 0) is 9.53 Å². The van der Waals surface area contributed by atoms with Gasteiger partial charge in [0.25, 0.3) is 5.91 Å². The average molecular weight is 497 g/mol. The van der Waals surface area contributed by atoms with E-state index in [2.05, 4.69) is 25.3 Å². The van der Waals surface area contributed by atoms with E-state index in [1.807, 2.05) is 38.1 Å². The first kappa shape index (κ1) is 25.4. The van der Waals surface area contributed by atoms with Gasteiger partial charge in [0.1, 0.15) is 0 Å². The third kappa shape index (κ3) is 5.56. The summed E-state index contributed by atoms with van der Waals surface area (Å²) in [4.78, 5) is 49.0. The summed E-state index contributed by atoms with van der Waals surface area (Å²) in [6.07, 6.45) is 2.57. The number of carbonyl (C=O) groups excluding carboxylic acids is 3. The number of ether oxygens (including phenoxy) is 2. The molecule has 0 radical (unpaired) electrons. The summed E-state index contributed by atoms with van der Waals surface area (Å²) in [6, 6.07) is 7.39. The monoisotopic (exact) mass is 496 g/mol. The Morgan fingerprint density at radius 1 is 1.25 bits per heavy atom. The molecule has 36 heavy (non-hydrogen) atoms. The van der Waals surface area contributed by atoms with Gasteiger partial charge in [0.15, 0.2) is 5.69 Å². The number of anilines is 1. The van der Waals surface area contributed by atoms with Crippen LogP contribution in [-0.4, -0.2) is 84.8 Å². The third-order valence-corrected chi connectivity index (χ3v) is 6.48. The number of carbonyl (C=O) groups is 3. The van der Waals surface area contributed by atoms with E-state index in [0.717, 1.165) is 19.4 Å². The number of hydrogen-bond acceptors (Lipinski definition) is 9. The second-order valence-electron chi connectivity index (χ2n) is 8.70. The van der Waals surface area contributed by atoms with Crippen molar-refractivity contribution in [2.24, 2.45) is 0 Å². The van der Waals surface area contributed by atoms with Crippen molar-refractivity contribution in [3.8, 4) is 17.1 Å². The van der Waals surface area contributed by atoms with Gasteiger partial charge < -0.3 is 29.9 Å². The van der Waals surface area contributed by atoms with E-state index < -0.39 is 6.09 Å². The minimum Gasteiger partial charge on any atom is -0.477 e. The molecule has 4 rings (SSSR count). The summed E-state index contributed by atoms with van der Waals surface area (Å²) in [6.45, 7) is 7.27. The molecule has 11 heteroatoms. The number of pyridine rings is 2. The molecular formula is C25H32N6O5. The lowest BCUT2D eigenvalue weighted by Gasteiger charge is -2.42. The van der Waals surface area contributed by atoms with Gasteiger partial charge in [-0.05, 0) is 50.6 Å². The fourth-order valence-corrected chi connectivity index (χ4v) is 4.67. The van der Waals surface area contributed by atoms with Crippen molar-refractivity contribution in [1.82, 2.24) is 25.5 Å². The molecule has 2 atom stereocenters. The van der Waals surface area contributed by atoms with Crippen molar-refractivity contribution >= 4 is 24.2 Å². The van der Waals surface area contributed by atoms with E-state index in [1.54, 1.807) is 6.20 Å². The summed E-state index contributed by atoms with van der Waals surface area (Å²) in [5, 5.41) is 6.37. The molecule has 11 nitrogen and oxygen atoms in total. The molecule has 0 aromatic carbocycles. The lowest BCUT2D eigenvalue weighted by atomic mass is 10.1. The summed E-state index contributed by atoms with van der Waals surface area (Å²) >= 11 is 0. The Kier molecular flexibility index (Phi) is 8.32. The highest BCUT2D eigenvalue weighted by Crippen LogP contribution is 2.32. The second kappa shape index (κ2) is 11.8. The van der Waals surface area contributed by atoms with E-state index >= 15 is 0 Å². The fourth-order valence-electron chi connectivity index (χ4n) is 4.67. The summed E-state index contributed by atoms with van der Waals surface area (Å²) < 4.78 is 10.2. The first-order valence-corrected chi connectivity index (χ1v) is 12.3. The van der Waals surface area contributed by atoms with Gasteiger partial charge in [0.05, 0.1) is 23.6 Å². The highest BCUT2D eigenvalue weighted by Gasteiger charge is 2.33. The molecule has 2 aromatic heterocycles. The summed E-state index contributed by atoms with van der Waals surface area (Å²) in [5.41, 5.74) is 2.30. The Hall–Kier alpha value is -3.73. The highest BCUT2D eigenvalue weighted by atomic mass is 16.6. The zero-order valence-corrected chi connectivity index (χ0v) is 20.6. The number of hydrogen-bond donors (Lipinski definition) is 2. The van der Waals surface area contributed by atoms with Crippen LogP contribution in [0.2, 0.25) is 0 Å². The van der Waals surface area contributed by atoms with Crippen LogP contribution >= 0.6 is 0 Å². The van der Waals surface area contributed by atoms with Crippen molar-refractivity contribution in [1.29, 1.82) is 0 Å². The number of amides is 2. The van der Waals surface area contributed by atoms with E-state index in [4.69, 9.17) is 9.72 Å². The molecule has 2 fully saturated rings. The van der Waals surface area contributed by atoms with Crippen LogP contribution in [0.5, 0.6) is 5.88 Å². The van der Waals surface area contributed by atoms with E-state index in [0.29, 0.717) is 61.3 Å². The largest absolute Gasteiger partial charge is 0.477 e. The zero-order valence-electron chi connectivity index (χ0n) is 20.6. The highest BCUT2D eigenvalue weighted by molar-refractivity contribution is 5.99. The van der Waals surface area contributed by atoms with E-state index in [9.17, 15) is 14.4 Å². The second-order valence-corrected chi connectivity index (χ2v) is 8.70. The van der Waals surface area contributed by atoms with E-state index in [-0.39, 0.29) is 24.5 Å². The van der Waals surface area contributed by atoms with E-state index in [1.165, 1.54) is 4.90 Å². The molecule has 2 aromatic rings. The van der Waals surface area contributed by atoms with Crippen LogP contribution in [0.4, 0.5) is 10.5 Å². The Bertz CT molecular complexity index is 1090. The predicted octanol–water partition coefficient (Wildman–Crippen LogP) is 1.83. The minimum atomic E-state index is -0.664. The molecular weight excluding hydrogens is 464 g/mol. The smallest absolute Gasteiger partial charge is 0.417 e. The van der Waals surface area contributed by atoms with Gasteiger partial charge in [-0.15, -0.1) is 0 Å². The normalized spacial score (nSPS) is 19.6. The first-order valence-electron chi connectivity index (χ1n) is 12.3.